The number of thiol groups is 1. The summed E-state index contributed by atoms with van der Waals surface area (Å²) in [6, 6.07) is 7.13. The second kappa shape index (κ2) is 7.72. The minimum atomic E-state index is -4.43. The second-order valence-corrected chi connectivity index (χ2v) is 5.12. The van der Waals surface area contributed by atoms with Gasteiger partial charge in [0.2, 0.25) is 0 Å². The Labute approximate surface area is 134 Å². The summed E-state index contributed by atoms with van der Waals surface area (Å²) in [5, 5.41) is 0. The molecule has 0 aliphatic carbocycles. The van der Waals surface area contributed by atoms with Crippen LogP contribution in [0.4, 0.5) is 13.2 Å². The number of hydrogen-bond donors (Lipinski definition) is 1. The van der Waals surface area contributed by atoms with Crippen LogP contribution in [0.25, 0.3) is 11.4 Å². The molecule has 0 spiro atoms. The Morgan fingerprint density at radius 3 is 2.09 bits per heavy atom. The lowest BCUT2D eigenvalue weighted by atomic mass is 10.1. The molecular weight excluding hydrogens is 309 g/mol. The van der Waals surface area contributed by atoms with Crippen molar-refractivity contribution in [1.82, 2.24) is 9.55 Å². The lowest BCUT2D eigenvalue weighted by molar-refractivity contribution is -0.140. The lowest BCUT2D eigenvalue weighted by Crippen LogP contribution is -2.05. The third kappa shape index (κ3) is 4.29. The summed E-state index contributed by atoms with van der Waals surface area (Å²) >= 11 is 4.16. The van der Waals surface area contributed by atoms with Crippen molar-refractivity contribution in [1.29, 1.82) is 0 Å². The van der Waals surface area contributed by atoms with Gasteiger partial charge in [-0.3, -0.25) is 0 Å². The summed E-state index contributed by atoms with van der Waals surface area (Å²) in [5.74, 6) is 0.922. The molecule has 0 unspecified atom stereocenters. The van der Waals surface area contributed by atoms with Gasteiger partial charge in [0.05, 0.1) is 0 Å². The molecule has 0 radical (unpaired) electrons. The van der Waals surface area contributed by atoms with Crippen molar-refractivity contribution in [2.24, 2.45) is 0 Å². The van der Waals surface area contributed by atoms with E-state index in [0.29, 0.717) is 17.1 Å². The van der Waals surface area contributed by atoms with Gasteiger partial charge in [0.1, 0.15) is 5.82 Å². The molecule has 0 saturated carbocycles. The second-order valence-electron chi connectivity index (χ2n) is 4.80. The van der Waals surface area contributed by atoms with Crippen molar-refractivity contribution in [2.45, 2.75) is 45.7 Å². The van der Waals surface area contributed by atoms with Crippen LogP contribution in [0.2, 0.25) is 0 Å². The fraction of sp³-hybridized carbons (Fsp3) is 0.438. The molecule has 0 atom stereocenters. The molecule has 0 fully saturated rings. The van der Waals surface area contributed by atoms with Gasteiger partial charge in [-0.25, -0.2) is 4.98 Å². The Hall–Kier alpha value is -1.43. The molecule has 2 rings (SSSR count). The highest BCUT2D eigenvalue weighted by molar-refractivity contribution is 7.79. The van der Waals surface area contributed by atoms with Gasteiger partial charge in [-0.1, -0.05) is 38.1 Å². The van der Waals surface area contributed by atoms with E-state index in [1.165, 1.54) is 0 Å². The van der Waals surface area contributed by atoms with Gasteiger partial charge < -0.3 is 4.57 Å². The highest BCUT2D eigenvalue weighted by Crippen LogP contribution is 2.32. The van der Waals surface area contributed by atoms with Gasteiger partial charge in [0, 0.05) is 23.6 Å². The maximum absolute atomic E-state index is 12.8. The van der Waals surface area contributed by atoms with Crippen LogP contribution in [0.15, 0.2) is 30.5 Å². The van der Waals surface area contributed by atoms with Crippen molar-refractivity contribution in [3.8, 4) is 11.4 Å². The predicted molar refractivity (Wildman–Crippen MR) is 87.1 cm³/mol. The molecule has 0 N–H and O–H groups in total. The molecule has 0 saturated heterocycles. The number of benzene rings is 1. The summed E-state index contributed by atoms with van der Waals surface area (Å²) in [7, 11) is 0. The SMILES string of the molecule is CC.CC(C)n1cc(C(F)(F)F)nc1-c1ccc(CS)cc1. The fourth-order valence-electron chi connectivity index (χ4n) is 1.90. The Morgan fingerprint density at radius 1 is 1.14 bits per heavy atom. The first-order valence-corrected chi connectivity index (χ1v) is 7.82. The topological polar surface area (TPSA) is 17.8 Å². The minimum absolute atomic E-state index is 0.0989. The number of rotatable bonds is 3. The van der Waals surface area contributed by atoms with Crippen LogP contribution in [-0.4, -0.2) is 9.55 Å². The Balaban J connectivity index is 0.00000116. The molecule has 122 valence electrons. The van der Waals surface area contributed by atoms with E-state index in [1.54, 1.807) is 16.7 Å². The molecule has 0 aliphatic heterocycles. The molecule has 2 nitrogen and oxygen atoms in total. The van der Waals surface area contributed by atoms with Crippen LogP contribution in [0, 0.1) is 0 Å². The van der Waals surface area contributed by atoms with Crippen LogP contribution < -0.4 is 0 Å². The minimum Gasteiger partial charge on any atom is -0.328 e. The molecular formula is C16H21F3N2S. The van der Waals surface area contributed by atoms with Crippen molar-refractivity contribution in [2.75, 3.05) is 0 Å². The third-order valence-corrected chi connectivity index (χ3v) is 3.34. The standard InChI is InChI=1S/C14H15F3N2S.C2H6/c1-9(2)19-7-12(14(15,16)17)18-13(19)11-5-3-10(8-20)4-6-11;1-2/h3-7,9,20H,8H2,1-2H3;1-2H3. The van der Waals surface area contributed by atoms with Crippen molar-refractivity contribution < 1.29 is 13.2 Å². The third-order valence-electron chi connectivity index (χ3n) is 2.97. The normalized spacial score (nSPS) is 11.3. The average Bonchev–Trinajstić information content (AvgIpc) is 2.95. The lowest BCUT2D eigenvalue weighted by Gasteiger charge is -2.11. The van der Waals surface area contributed by atoms with E-state index in [-0.39, 0.29) is 6.04 Å². The maximum Gasteiger partial charge on any atom is 0.434 e. The number of hydrogen-bond acceptors (Lipinski definition) is 2. The highest BCUT2D eigenvalue weighted by Gasteiger charge is 2.35. The smallest absolute Gasteiger partial charge is 0.328 e. The fourth-order valence-corrected chi connectivity index (χ4v) is 2.11. The Kier molecular flexibility index (Phi) is 6.53. The van der Waals surface area contributed by atoms with E-state index in [2.05, 4.69) is 17.6 Å². The van der Waals surface area contributed by atoms with E-state index in [1.807, 2.05) is 39.8 Å². The molecule has 0 amide bonds. The molecule has 1 aromatic heterocycles. The van der Waals surface area contributed by atoms with Gasteiger partial charge in [-0.15, -0.1) is 0 Å². The highest BCUT2D eigenvalue weighted by atomic mass is 32.1. The van der Waals surface area contributed by atoms with Crippen LogP contribution in [0.3, 0.4) is 0 Å². The van der Waals surface area contributed by atoms with E-state index in [9.17, 15) is 13.2 Å². The van der Waals surface area contributed by atoms with Gasteiger partial charge in [-0.05, 0) is 19.4 Å². The average molecular weight is 330 g/mol. The molecule has 1 heterocycles. The molecule has 0 aliphatic rings. The van der Waals surface area contributed by atoms with Gasteiger partial charge in [0.15, 0.2) is 5.69 Å². The quantitative estimate of drug-likeness (QED) is 0.725. The summed E-state index contributed by atoms with van der Waals surface area (Å²) in [4.78, 5) is 3.75. The van der Waals surface area contributed by atoms with E-state index in [4.69, 9.17) is 0 Å². The van der Waals surface area contributed by atoms with Gasteiger partial charge in [0.25, 0.3) is 0 Å². The largest absolute Gasteiger partial charge is 0.434 e. The zero-order chi connectivity index (χ0) is 16.9. The maximum atomic E-state index is 12.8. The first-order valence-electron chi connectivity index (χ1n) is 7.19. The van der Waals surface area contributed by atoms with Crippen molar-refractivity contribution in [3.05, 3.63) is 41.7 Å². The number of alkyl halides is 3. The Bertz CT molecular complexity index is 586. The van der Waals surface area contributed by atoms with E-state index < -0.39 is 11.9 Å². The zero-order valence-corrected chi connectivity index (χ0v) is 14.0. The first-order chi connectivity index (χ1) is 10.3. The molecule has 6 heteroatoms. The number of nitrogens with zero attached hydrogens (tertiary/aromatic N) is 2. The monoisotopic (exact) mass is 330 g/mol. The molecule has 22 heavy (non-hydrogen) atoms. The van der Waals surface area contributed by atoms with E-state index in [0.717, 1.165) is 11.8 Å². The number of aromatic nitrogens is 2. The molecule has 0 bridgehead atoms. The van der Waals surface area contributed by atoms with Crippen LogP contribution in [-0.2, 0) is 11.9 Å². The van der Waals surface area contributed by atoms with Crippen LogP contribution in [0.1, 0.15) is 45.0 Å². The van der Waals surface area contributed by atoms with Gasteiger partial charge >= 0.3 is 6.18 Å². The summed E-state index contributed by atoms with van der Waals surface area (Å²) in [6.45, 7) is 7.65. The van der Waals surface area contributed by atoms with Crippen LogP contribution in [0.5, 0.6) is 0 Å². The summed E-state index contributed by atoms with van der Waals surface area (Å²) < 4.78 is 39.9. The number of imidazole rings is 1. The van der Waals surface area contributed by atoms with E-state index >= 15 is 0 Å². The predicted octanol–water partition coefficient (Wildman–Crippen LogP) is 5.61. The Morgan fingerprint density at radius 2 is 1.68 bits per heavy atom. The van der Waals surface area contributed by atoms with Gasteiger partial charge in [-0.2, -0.15) is 25.8 Å². The summed E-state index contributed by atoms with van der Waals surface area (Å²) in [5.41, 5.74) is 0.815. The van der Waals surface area contributed by atoms with Crippen molar-refractivity contribution >= 4 is 12.6 Å². The molecule has 1 aromatic carbocycles. The van der Waals surface area contributed by atoms with Crippen molar-refractivity contribution in [3.63, 3.8) is 0 Å². The summed E-state index contributed by atoms with van der Waals surface area (Å²) in [6.07, 6.45) is -3.37. The zero-order valence-electron chi connectivity index (χ0n) is 13.1. The number of halogens is 3. The van der Waals surface area contributed by atoms with Crippen LogP contribution >= 0.6 is 12.6 Å². The molecule has 2 aromatic rings. The first kappa shape index (κ1) is 18.6.